The van der Waals surface area contributed by atoms with Gasteiger partial charge in [0, 0.05) is 25.0 Å². The maximum Gasteiger partial charge on any atom is 0.161 e. The molecule has 2 atom stereocenters. The fraction of sp³-hybridized carbons (Fsp3) is 0.438. The first-order valence-corrected chi connectivity index (χ1v) is 7.51. The minimum atomic E-state index is -0.587. The van der Waals surface area contributed by atoms with E-state index in [4.69, 9.17) is 9.47 Å². The van der Waals surface area contributed by atoms with E-state index in [-0.39, 0.29) is 6.04 Å². The summed E-state index contributed by atoms with van der Waals surface area (Å²) in [6.45, 7) is 4.42. The van der Waals surface area contributed by atoms with Crippen LogP contribution in [0.2, 0.25) is 0 Å². The highest BCUT2D eigenvalue weighted by molar-refractivity contribution is 5.44. The fourth-order valence-electron chi connectivity index (χ4n) is 2.45. The second-order valence-electron chi connectivity index (χ2n) is 5.46. The summed E-state index contributed by atoms with van der Waals surface area (Å²) in [7, 11) is 0. The van der Waals surface area contributed by atoms with Crippen molar-refractivity contribution >= 4 is 0 Å². The number of rotatable bonds is 6. The average molecular weight is 303 g/mol. The van der Waals surface area contributed by atoms with E-state index in [1.807, 2.05) is 35.1 Å². The number of aliphatic hydroxyl groups excluding tert-OH is 1. The molecule has 0 spiro atoms. The number of aliphatic hydroxyl groups is 1. The van der Waals surface area contributed by atoms with Gasteiger partial charge in [0.1, 0.15) is 13.2 Å². The molecule has 0 amide bonds. The molecule has 0 saturated carbocycles. The van der Waals surface area contributed by atoms with Gasteiger partial charge in [-0.25, -0.2) is 0 Å². The van der Waals surface area contributed by atoms with E-state index in [1.165, 1.54) is 0 Å². The van der Waals surface area contributed by atoms with E-state index in [0.29, 0.717) is 25.5 Å². The number of ether oxygens (including phenoxy) is 2. The molecule has 0 aliphatic carbocycles. The van der Waals surface area contributed by atoms with Crippen molar-refractivity contribution in [3.05, 3.63) is 42.2 Å². The van der Waals surface area contributed by atoms with E-state index in [1.54, 1.807) is 6.20 Å². The number of nitrogens with zero attached hydrogens (tertiary/aromatic N) is 2. The molecule has 1 aliphatic rings. The smallest absolute Gasteiger partial charge is 0.161 e. The van der Waals surface area contributed by atoms with Crippen LogP contribution in [0.4, 0.5) is 0 Å². The molecule has 1 aliphatic heterocycles. The Morgan fingerprint density at radius 3 is 2.91 bits per heavy atom. The number of hydrogen-bond acceptors (Lipinski definition) is 5. The second-order valence-corrected chi connectivity index (χ2v) is 5.46. The van der Waals surface area contributed by atoms with Crippen LogP contribution in [0.25, 0.3) is 0 Å². The number of fused-ring (bicyclic) bond motifs is 1. The summed E-state index contributed by atoms with van der Waals surface area (Å²) in [5.41, 5.74) is 0.822. The van der Waals surface area contributed by atoms with Crippen molar-refractivity contribution in [2.75, 3.05) is 19.8 Å². The molecule has 0 saturated heterocycles. The minimum absolute atomic E-state index is 0.215. The lowest BCUT2D eigenvalue weighted by molar-refractivity contribution is 0.160. The molecule has 118 valence electrons. The Hall–Kier alpha value is -2.05. The van der Waals surface area contributed by atoms with Gasteiger partial charge in [0.05, 0.1) is 12.6 Å². The molecular weight excluding hydrogens is 282 g/mol. The van der Waals surface area contributed by atoms with Crippen LogP contribution in [-0.4, -0.2) is 40.7 Å². The molecule has 0 fully saturated rings. The third kappa shape index (κ3) is 3.58. The van der Waals surface area contributed by atoms with E-state index in [9.17, 15) is 5.11 Å². The van der Waals surface area contributed by atoms with Gasteiger partial charge in [-0.05, 0) is 30.7 Å². The Morgan fingerprint density at radius 1 is 1.32 bits per heavy atom. The second kappa shape index (κ2) is 6.81. The van der Waals surface area contributed by atoms with Crippen LogP contribution in [0.1, 0.15) is 18.6 Å². The summed E-state index contributed by atoms with van der Waals surface area (Å²) < 4.78 is 12.9. The summed E-state index contributed by atoms with van der Waals surface area (Å²) in [6, 6.07) is 7.68. The highest BCUT2D eigenvalue weighted by Gasteiger charge is 2.16. The van der Waals surface area contributed by atoms with Gasteiger partial charge < -0.3 is 19.9 Å². The topological polar surface area (TPSA) is 68.5 Å². The predicted octanol–water partition coefficient (Wildman–Crippen LogP) is 1.37. The van der Waals surface area contributed by atoms with Crippen LogP contribution >= 0.6 is 0 Å². The summed E-state index contributed by atoms with van der Waals surface area (Å²) in [6.07, 6.45) is 3.10. The SMILES string of the molecule is C[C@@H](Cn1cccn1)NC[C@H](O)c1ccc2c(c1)OCCO2. The van der Waals surface area contributed by atoms with E-state index in [2.05, 4.69) is 17.3 Å². The lowest BCUT2D eigenvalue weighted by atomic mass is 10.1. The van der Waals surface area contributed by atoms with Crippen LogP contribution in [0.15, 0.2) is 36.7 Å². The number of nitrogens with one attached hydrogen (secondary N) is 1. The monoisotopic (exact) mass is 303 g/mol. The van der Waals surface area contributed by atoms with Gasteiger partial charge in [-0.15, -0.1) is 0 Å². The van der Waals surface area contributed by atoms with Gasteiger partial charge in [0.15, 0.2) is 11.5 Å². The summed E-state index contributed by atoms with van der Waals surface area (Å²) in [5.74, 6) is 1.44. The van der Waals surface area contributed by atoms with Gasteiger partial charge in [-0.1, -0.05) is 6.07 Å². The zero-order chi connectivity index (χ0) is 15.4. The first kappa shape index (κ1) is 14.9. The molecule has 0 bridgehead atoms. The lowest BCUT2D eigenvalue weighted by Gasteiger charge is -2.21. The molecule has 2 N–H and O–H groups in total. The predicted molar refractivity (Wildman–Crippen MR) is 82.1 cm³/mol. The first-order chi connectivity index (χ1) is 10.7. The Morgan fingerprint density at radius 2 is 2.14 bits per heavy atom. The molecule has 3 rings (SSSR count). The van der Waals surface area contributed by atoms with Crippen LogP contribution in [0.3, 0.4) is 0 Å². The highest BCUT2D eigenvalue weighted by Crippen LogP contribution is 2.32. The van der Waals surface area contributed by atoms with Gasteiger partial charge in [-0.2, -0.15) is 5.10 Å². The Kier molecular flexibility index (Phi) is 4.60. The van der Waals surface area contributed by atoms with Gasteiger partial charge in [-0.3, -0.25) is 4.68 Å². The summed E-state index contributed by atoms with van der Waals surface area (Å²) in [4.78, 5) is 0. The molecule has 6 nitrogen and oxygen atoms in total. The number of aromatic nitrogens is 2. The molecule has 2 heterocycles. The molecular formula is C16H21N3O3. The number of hydrogen-bond donors (Lipinski definition) is 2. The van der Waals surface area contributed by atoms with Crippen molar-refractivity contribution in [3.8, 4) is 11.5 Å². The van der Waals surface area contributed by atoms with E-state index >= 15 is 0 Å². The zero-order valence-corrected chi connectivity index (χ0v) is 12.6. The Balaban J connectivity index is 1.54. The Bertz CT molecular complexity index is 601. The minimum Gasteiger partial charge on any atom is -0.486 e. The Labute approximate surface area is 129 Å². The molecule has 0 unspecified atom stereocenters. The molecule has 1 aromatic heterocycles. The van der Waals surface area contributed by atoms with Crippen molar-refractivity contribution < 1.29 is 14.6 Å². The maximum atomic E-state index is 10.3. The van der Waals surface area contributed by atoms with Crippen molar-refractivity contribution in [1.29, 1.82) is 0 Å². The zero-order valence-electron chi connectivity index (χ0n) is 12.6. The van der Waals surface area contributed by atoms with E-state index in [0.717, 1.165) is 17.9 Å². The average Bonchev–Trinajstić information content (AvgIpc) is 3.05. The summed E-state index contributed by atoms with van der Waals surface area (Å²) >= 11 is 0. The van der Waals surface area contributed by atoms with Crippen molar-refractivity contribution in [1.82, 2.24) is 15.1 Å². The quantitative estimate of drug-likeness (QED) is 0.843. The van der Waals surface area contributed by atoms with Gasteiger partial charge in [0.25, 0.3) is 0 Å². The normalized spacial score (nSPS) is 16.3. The van der Waals surface area contributed by atoms with Crippen LogP contribution in [0.5, 0.6) is 11.5 Å². The molecule has 6 heteroatoms. The maximum absolute atomic E-state index is 10.3. The van der Waals surface area contributed by atoms with Crippen LogP contribution in [-0.2, 0) is 6.54 Å². The number of benzene rings is 1. The summed E-state index contributed by atoms with van der Waals surface area (Å²) in [5, 5.41) is 17.8. The van der Waals surface area contributed by atoms with E-state index < -0.39 is 6.10 Å². The lowest BCUT2D eigenvalue weighted by Crippen LogP contribution is -2.33. The molecule has 22 heavy (non-hydrogen) atoms. The molecule has 1 aromatic carbocycles. The van der Waals surface area contributed by atoms with Crippen LogP contribution in [0, 0.1) is 0 Å². The third-order valence-electron chi connectivity index (χ3n) is 3.63. The van der Waals surface area contributed by atoms with Gasteiger partial charge >= 0.3 is 0 Å². The molecule has 0 radical (unpaired) electrons. The van der Waals surface area contributed by atoms with Crippen molar-refractivity contribution in [3.63, 3.8) is 0 Å². The van der Waals surface area contributed by atoms with Crippen molar-refractivity contribution in [2.45, 2.75) is 25.6 Å². The van der Waals surface area contributed by atoms with Crippen molar-refractivity contribution in [2.24, 2.45) is 0 Å². The van der Waals surface area contributed by atoms with Gasteiger partial charge in [0.2, 0.25) is 0 Å². The standard InChI is InChI=1S/C16H21N3O3/c1-12(11-19-6-2-5-18-19)17-10-14(20)13-3-4-15-16(9-13)22-8-7-21-15/h2-6,9,12,14,17,20H,7-8,10-11H2,1H3/t12-,14-/m0/s1. The third-order valence-corrected chi connectivity index (χ3v) is 3.63. The largest absolute Gasteiger partial charge is 0.486 e. The first-order valence-electron chi connectivity index (χ1n) is 7.51. The fourth-order valence-corrected chi connectivity index (χ4v) is 2.45. The van der Waals surface area contributed by atoms with Crippen LogP contribution < -0.4 is 14.8 Å². The molecule has 2 aromatic rings. The highest BCUT2D eigenvalue weighted by atomic mass is 16.6.